The van der Waals surface area contributed by atoms with Crippen molar-refractivity contribution in [3.63, 3.8) is 0 Å². The van der Waals surface area contributed by atoms with Crippen LogP contribution < -0.4 is 0 Å². The van der Waals surface area contributed by atoms with E-state index in [0.29, 0.717) is 23.3 Å². The highest BCUT2D eigenvalue weighted by atomic mass is 16.3. The van der Waals surface area contributed by atoms with Gasteiger partial charge in [0.1, 0.15) is 11.5 Å². The Morgan fingerprint density at radius 1 is 0.900 bits per heavy atom. The highest BCUT2D eigenvalue weighted by molar-refractivity contribution is 5.45. The zero-order chi connectivity index (χ0) is 14.3. The summed E-state index contributed by atoms with van der Waals surface area (Å²) in [7, 11) is 0. The van der Waals surface area contributed by atoms with E-state index in [1.165, 1.54) is 16.7 Å². The fourth-order valence-electron chi connectivity index (χ4n) is 3.37. The minimum absolute atomic E-state index is 0.279. The number of aromatic hydroxyl groups is 2. The van der Waals surface area contributed by atoms with Gasteiger partial charge >= 0.3 is 0 Å². The summed E-state index contributed by atoms with van der Waals surface area (Å²) in [5.41, 5.74) is 3.75. The first kappa shape index (κ1) is 13.0. The maximum atomic E-state index is 9.81. The number of fused-ring (bicyclic) bond motifs is 1. The summed E-state index contributed by atoms with van der Waals surface area (Å²) in [6, 6.07) is 13.2. The first-order valence-corrected chi connectivity index (χ1v) is 7.17. The summed E-state index contributed by atoms with van der Waals surface area (Å²) >= 11 is 0. The molecule has 0 bridgehead atoms. The first-order chi connectivity index (χ1) is 9.56. The molecule has 2 nitrogen and oxygen atoms in total. The Hall–Kier alpha value is -1.96. The largest absolute Gasteiger partial charge is 0.508 e. The van der Waals surface area contributed by atoms with Gasteiger partial charge in [-0.15, -0.1) is 0 Å². The van der Waals surface area contributed by atoms with Crippen molar-refractivity contribution in [1.29, 1.82) is 0 Å². The highest BCUT2D eigenvalue weighted by Gasteiger charge is 2.32. The van der Waals surface area contributed by atoms with Gasteiger partial charge in [0.2, 0.25) is 0 Å². The van der Waals surface area contributed by atoms with Crippen molar-refractivity contribution in [1.82, 2.24) is 0 Å². The van der Waals surface area contributed by atoms with Crippen molar-refractivity contribution in [2.24, 2.45) is 11.8 Å². The van der Waals surface area contributed by atoms with Crippen molar-refractivity contribution in [3.05, 3.63) is 59.2 Å². The molecule has 0 aliphatic heterocycles. The van der Waals surface area contributed by atoms with Crippen molar-refractivity contribution < 1.29 is 10.2 Å². The molecule has 0 spiro atoms. The van der Waals surface area contributed by atoms with E-state index in [4.69, 9.17) is 0 Å². The van der Waals surface area contributed by atoms with E-state index in [9.17, 15) is 10.2 Å². The van der Waals surface area contributed by atoms with E-state index < -0.39 is 0 Å². The van der Waals surface area contributed by atoms with E-state index in [0.717, 1.165) is 6.42 Å². The summed E-state index contributed by atoms with van der Waals surface area (Å²) in [5, 5.41) is 19.3. The Bertz CT molecular complexity index is 616. The summed E-state index contributed by atoms with van der Waals surface area (Å²) < 4.78 is 0. The average Bonchev–Trinajstić information content (AvgIpc) is 2.42. The summed E-state index contributed by atoms with van der Waals surface area (Å²) in [5.74, 6) is 2.01. The molecule has 0 fully saturated rings. The van der Waals surface area contributed by atoms with Crippen LogP contribution in [0.3, 0.4) is 0 Å². The van der Waals surface area contributed by atoms with Gasteiger partial charge in [0.05, 0.1) is 0 Å². The van der Waals surface area contributed by atoms with Crippen LogP contribution in [0.15, 0.2) is 42.5 Å². The minimum atomic E-state index is 0.279. The number of hydrogen-bond donors (Lipinski definition) is 2. The van der Waals surface area contributed by atoms with Gasteiger partial charge in [0, 0.05) is 5.92 Å². The average molecular weight is 268 g/mol. The molecule has 2 heteroatoms. The molecule has 2 aromatic carbocycles. The Labute approximate surface area is 119 Å². The molecule has 2 N–H and O–H groups in total. The van der Waals surface area contributed by atoms with Crippen molar-refractivity contribution in [2.45, 2.75) is 26.2 Å². The second kappa shape index (κ2) is 4.86. The van der Waals surface area contributed by atoms with Crippen LogP contribution in [0.5, 0.6) is 11.5 Å². The molecule has 0 saturated heterocycles. The number of hydrogen-bond acceptors (Lipinski definition) is 2. The number of phenolic OH excluding ortho intramolecular Hbond substituents is 2. The lowest BCUT2D eigenvalue weighted by atomic mass is 9.68. The van der Waals surface area contributed by atoms with Gasteiger partial charge in [-0.2, -0.15) is 0 Å². The Kier molecular flexibility index (Phi) is 3.17. The predicted molar refractivity (Wildman–Crippen MR) is 80.1 cm³/mol. The molecule has 104 valence electrons. The number of phenols is 2. The number of rotatable bonds is 1. The molecule has 20 heavy (non-hydrogen) atoms. The lowest BCUT2D eigenvalue weighted by Crippen LogP contribution is -2.26. The maximum Gasteiger partial charge on any atom is 0.115 e. The van der Waals surface area contributed by atoms with E-state index in [1.54, 1.807) is 18.2 Å². The van der Waals surface area contributed by atoms with E-state index >= 15 is 0 Å². The molecule has 3 rings (SSSR count). The maximum absolute atomic E-state index is 9.81. The van der Waals surface area contributed by atoms with E-state index in [1.807, 2.05) is 24.3 Å². The standard InChI is InChI=1S/C18H20O2/c1-11-9-14-5-8-16(20)10-17(14)18(12(11)2)13-3-6-15(19)7-4-13/h3-8,10-12,18-20H,9H2,1-2H3/t11-,12-,18?/m1/s1. The summed E-state index contributed by atoms with van der Waals surface area (Å²) in [4.78, 5) is 0. The highest BCUT2D eigenvalue weighted by Crippen LogP contribution is 2.44. The Balaban J connectivity index is 2.13. The molecule has 0 heterocycles. The SMILES string of the molecule is C[C@@H]1Cc2ccc(O)cc2C(c2ccc(O)cc2)[C@@H]1C. The Morgan fingerprint density at radius 2 is 1.55 bits per heavy atom. The minimum Gasteiger partial charge on any atom is -0.508 e. The molecule has 1 aliphatic rings. The van der Waals surface area contributed by atoms with Crippen LogP contribution in [0, 0.1) is 11.8 Å². The van der Waals surface area contributed by atoms with Gasteiger partial charge < -0.3 is 10.2 Å². The zero-order valence-corrected chi connectivity index (χ0v) is 11.9. The quantitative estimate of drug-likeness (QED) is 0.819. The second-order valence-corrected chi connectivity index (χ2v) is 5.99. The molecular weight excluding hydrogens is 248 g/mol. The van der Waals surface area contributed by atoms with Crippen molar-refractivity contribution in [2.75, 3.05) is 0 Å². The van der Waals surface area contributed by atoms with E-state index in [-0.39, 0.29) is 5.92 Å². The third-order valence-corrected chi connectivity index (χ3v) is 4.68. The lowest BCUT2D eigenvalue weighted by molar-refractivity contribution is 0.325. The summed E-state index contributed by atoms with van der Waals surface area (Å²) in [6.45, 7) is 4.56. The number of benzene rings is 2. The molecule has 0 saturated carbocycles. The molecule has 0 amide bonds. The molecule has 0 radical (unpaired) electrons. The van der Waals surface area contributed by atoms with Crippen LogP contribution in [-0.4, -0.2) is 10.2 Å². The molecule has 2 aromatic rings. The second-order valence-electron chi connectivity index (χ2n) is 5.99. The molecule has 3 atom stereocenters. The van der Waals surface area contributed by atoms with Crippen LogP contribution in [0.1, 0.15) is 36.5 Å². The first-order valence-electron chi connectivity index (χ1n) is 7.17. The van der Waals surface area contributed by atoms with Gasteiger partial charge in [-0.1, -0.05) is 32.0 Å². The molecule has 1 unspecified atom stereocenters. The monoisotopic (exact) mass is 268 g/mol. The fourth-order valence-corrected chi connectivity index (χ4v) is 3.37. The predicted octanol–water partition coefficient (Wildman–Crippen LogP) is 4.06. The topological polar surface area (TPSA) is 40.5 Å². The van der Waals surface area contributed by atoms with Crippen LogP contribution in [0.2, 0.25) is 0 Å². The van der Waals surface area contributed by atoms with Crippen LogP contribution >= 0.6 is 0 Å². The van der Waals surface area contributed by atoms with Gasteiger partial charge in [0.15, 0.2) is 0 Å². The van der Waals surface area contributed by atoms with Gasteiger partial charge in [0.25, 0.3) is 0 Å². The fraction of sp³-hybridized carbons (Fsp3) is 0.333. The molecular formula is C18H20O2. The van der Waals surface area contributed by atoms with Crippen LogP contribution in [0.4, 0.5) is 0 Å². The zero-order valence-electron chi connectivity index (χ0n) is 11.9. The third-order valence-electron chi connectivity index (χ3n) is 4.68. The normalized spacial score (nSPS) is 25.2. The Morgan fingerprint density at radius 3 is 2.25 bits per heavy atom. The lowest BCUT2D eigenvalue weighted by Gasteiger charge is -2.36. The van der Waals surface area contributed by atoms with Crippen LogP contribution in [-0.2, 0) is 6.42 Å². The molecule has 0 aromatic heterocycles. The van der Waals surface area contributed by atoms with Crippen molar-refractivity contribution in [3.8, 4) is 11.5 Å². The van der Waals surface area contributed by atoms with Gasteiger partial charge in [-0.05, 0) is 59.2 Å². The van der Waals surface area contributed by atoms with E-state index in [2.05, 4.69) is 13.8 Å². The van der Waals surface area contributed by atoms with Gasteiger partial charge in [-0.25, -0.2) is 0 Å². The smallest absolute Gasteiger partial charge is 0.115 e. The molecule has 1 aliphatic carbocycles. The third kappa shape index (κ3) is 2.15. The van der Waals surface area contributed by atoms with Crippen LogP contribution in [0.25, 0.3) is 0 Å². The summed E-state index contributed by atoms with van der Waals surface area (Å²) in [6.07, 6.45) is 1.06. The van der Waals surface area contributed by atoms with Gasteiger partial charge in [-0.3, -0.25) is 0 Å². The van der Waals surface area contributed by atoms with Crippen molar-refractivity contribution >= 4 is 0 Å².